The summed E-state index contributed by atoms with van der Waals surface area (Å²) in [6, 6.07) is 70.6. The first-order valence-electron chi connectivity index (χ1n) is 22.9. The van der Waals surface area contributed by atoms with Crippen LogP contribution in [0.5, 0.6) is 0 Å². The number of para-hydroxylation sites is 2. The van der Waals surface area contributed by atoms with Crippen molar-refractivity contribution in [1.82, 2.24) is 9.13 Å². The van der Waals surface area contributed by atoms with E-state index >= 15 is 0 Å². The second-order valence-corrected chi connectivity index (χ2v) is 19.7. The van der Waals surface area contributed by atoms with Gasteiger partial charge in [-0.3, -0.25) is 0 Å². The van der Waals surface area contributed by atoms with Gasteiger partial charge in [-0.05, 0) is 41.5 Å². The molecule has 5 aromatic heterocycles. The molecule has 69 heavy (non-hydrogen) atoms. The summed E-state index contributed by atoms with van der Waals surface area (Å²) in [5.41, 5.74) is 10.7. The number of furan rings is 1. The van der Waals surface area contributed by atoms with Crippen LogP contribution in [0.4, 0.5) is 5.69 Å². The fraction of sp³-hybridized carbons (Fsp3) is 0. The summed E-state index contributed by atoms with van der Waals surface area (Å²) in [6.45, 7) is 9.48. The van der Waals surface area contributed by atoms with Crippen LogP contribution in [0, 0.1) is 17.9 Å². The number of aromatic nitrogens is 2. The van der Waals surface area contributed by atoms with Gasteiger partial charge >= 0.3 is 0 Å². The van der Waals surface area contributed by atoms with E-state index < -0.39 is 0 Å². The summed E-state index contributed by atoms with van der Waals surface area (Å²) in [5, 5.41) is 23.0. The third kappa shape index (κ3) is 5.10. The Morgan fingerprint density at radius 2 is 0.928 bits per heavy atom. The standard InChI is InChI=1S/C62H32N4OS2/c1-64-54-52(35-16-4-2-5-17-35)47(34-63)55(65-48-24-12-8-20-37(48)41-29-32-45-39-22-10-14-26-50(39)68-61(45)57(41)65)53(36-18-6-3-7-19-36)59(54)66-56-42(28-31-44-38-21-9-13-25-49(38)67-60(44)56)43-30-33-46-40-23-11-15-27-51(40)69-62(46)58(43)66/h2-33H. The molecule has 7 heteroatoms. The lowest BCUT2D eigenvalue weighted by atomic mass is 9.88. The van der Waals surface area contributed by atoms with Gasteiger partial charge in [-0.15, -0.1) is 22.7 Å². The molecule has 0 aliphatic carbocycles. The van der Waals surface area contributed by atoms with Gasteiger partial charge in [0.25, 0.3) is 0 Å². The highest BCUT2D eigenvalue weighted by Gasteiger charge is 2.33. The fourth-order valence-electron chi connectivity index (χ4n) is 11.4. The van der Waals surface area contributed by atoms with Crippen LogP contribution in [0.15, 0.2) is 199 Å². The van der Waals surface area contributed by atoms with E-state index in [1.165, 1.54) is 20.2 Å². The molecule has 0 saturated carbocycles. The highest BCUT2D eigenvalue weighted by molar-refractivity contribution is 7.27. The first-order chi connectivity index (χ1) is 34.2. The van der Waals surface area contributed by atoms with Crippen LogP contribution in [-0.4, -0.2) is 9.13 Å². The van der Waals surface area contributed by atoms with Crippen molar-refractivity contribution in [3.8, 4) is 39.7 Å². The Bertz CT molecular complexity index is 4670. The van der Waals surface area contributed by atoms with Gasteiger partial charge in [-0.1, -0.05) is 164 Å². The van der Waals surface area contributed by atoms with E-state index in [0.717, 1.165) is 108 Å². The van der Waals surface area contributed by atoms with Crippen LogP contribution in [-0.2, 0) is 0 Å². The van der Waals surface area contributed by atoms with Crippen molar-refractivity contribution in [3.05, 3.63) is 211 Å². The second kappa shape index (κ2) is 14.3. The number of rotatable bonds is 4. The SMILES string of the molecule is [C-]#[N+]c1c(-c2ccccc2)c(C#N)c(-n2c3ccccc3c3ccc4c5ccccc5sc4c32)c(-c2ccccc2)c1-n1c2c(ccc3c4ccccc4oc32)c2ccc3c4ccccc4sc3c21. The van der Waals surface area contributed by atoms with E-state index in [-0.39, 0.29) is 0 Å². The van der Waals surface area contributed by atoms with Crippen LogP contribution in [0.25, 0.3) is 144 Å². The smallest absolute Gasteiger partial charge is 0.220 e. The Morgan fingerprint density at radius 1 is 0.435 bits per heavy atom. The number of nitrogens with zero attached hydrogens (tertiary/aromatic N) is 4. The van der Waals surface area contributed by atoms with Crippen molar-refractivity contribution in [2.75, 3.05) is 0 Å². The number of nitriles is 1. The largest absolute Gasteiger partial charge is 0.454 e. The van der Waals surface area contributed by atoms with Crippen molar-refractivity contribution in [1.29, 1.82) is 5.26 Å². The predicted octanol–water partition coefficient (Wildman–Crippen LogP) is 18.3. The van der Waals surface area contributed by atoms with Gasteiger partial charge in [0.05, 0.1) is 55.0 Å². The van der Waals surface area contributed by atoms with E-state index in [0.29, 0.717) is 22.5 Å². The van der Waals surface area contributed by atoms with Crippen molar-refractivity contribution in [2.45, 2.75) is 0 Å². The van der Waals surface area contributed by atoms with Gasteiger partial charge < -0.3 is 13.6 Å². The average Bonchev–Trinajstić information content (AvgIpc) is 4.23. The molecule has 10 aromatic carbocycles. The quantitative estimate of drug-likeness (QED) is 0.165. The second-order valence-electron chi connectivity index (χ2n) is 17.6. The van der Waals surface area contributed by atoms with Crippen molar-refractivity contribution < 1.29 is 4.42 Å². The third-order valence-corrected chi connectivity index (χ3v) is 16.6. The monoisotopic (exact) mass is 912 g/mol. The lowest BCUT2D eigenvalue weighted by molar-refractivity contribution is 0.671. The van der Waals surface area contributed by atoms with E-state index in [2.05, 4.69) is 166 Å². The molecule has 5 nitrogen and oxygen atoms in total. The van der Waals surface area contributed by atoms with Gasteiger partial charge in [-0.25, -0.2) is 4.85 Å². The molecular formula is C62H32N4OS2. The minimum atomic E-state index is 0.387. The number of hydrogen-bond acceptors (Lipinski definition) is 4. The lowest BCUT2D eigenvalue weighted by Gasteiger charge is -2.26. The summed E-state index contributed by atoms with van der Waals surface area (Å²) < 4.78 is 16.4. The molecule has 0 bridgehead atoms. The zero-order chi connectivity index (χ0) is 45.5. The molecule has 0 atom stereocenters. The Kier molecular flexibility index (Phi) is 7.89. The van der Waals surface area contributed by atoms with Gasteiger partial charge in [0.15, 0.2) is 5.58 Å². The Labute approximate surface area is 401 Å². The van der Waals surface area contributed by atoms with Gasteiger partial charge in [0, 0.05) is 74.4 Å². The molecule has 0 amide bonds. The molecule has 0 radical (unpaired) electrons. The predicted molar refractivity (Wildman–Crippen MR) is 290 cm³/mol. The van der Waals surface area contributed by atoms with Crippen LogP contribution in [0.1, 0.15) is 5.56 Å². The molecule has 0 aliphatic heterocycles. The average molecular weight is 913 g/mol. The molecule has 0 spiro atoms. The number of hydrogen-bond donors (Lipinski definition) is 0. The molecule has 0 unspecified atom stereocenters. The molecule has 15 aromatic rings. The minimum Gasteiger partial charge on any atom is -0.454 e. The highest BCUT2D eigenvalue weighted by atomic mass is 32.1. The van der Waals surface area contributed by atoms with Gasteiger partial charge in [0.1, 0.15) is 11.7 Å². The maximum atomic E-state index is 12.0. The van der Waals surface area contributed by atoms with Gasteiger partial charge in [-0.2, -0.15) is 5.26 Å². The molecule has 0 saturated heterocycles. The first-order valence-corrected chi connectivity index (χ1v) is 24.5. The summed E-state index contributed by atoms with van der Waals surface area (Å²) in [7, 11) is 0. The Balaban J connectivity index is 1.27. The maximum absolute atomic E-state index is 12.0. The summed E-state index contributed by atoms with van der Waals surface area (Å²) >= 11 is 3.56. The molecule has 5 heterocycles. The van der Waals surface area contributed by atoms with E-state index in [9.17, 15) is 11.8 Å². The number of fused-ring (bicyclic) bond motifs is 18. The zero-order valence-corrected chi connectivity index (χ0v) is 38.1. The molecule has 15 rings (SSSR count). The Morgan fingerprint density at radius 3 is 1.57 bits per heavy atom. The molecule has 0 aliphatic rings. The lowest BCUT2D eigenvalue weighted by Crippen LogP contribution is -2.09. The van der Waals surface area contributed by atoms with E-state index in [4.69, 9.17) is 4.42 Å². The summed E-state index contributed by atoms with van der Waals surface area (Å²) in [5.74, 6) is 0. The van der Waals surface area contributed by atoms with Crippen LogP contribution in [0.3, 0.4) is 0 Å². The Hall–Kier alpha value is -8.98. The van der Waals surface area contributed by atoms with Crippen LogP contribution < -0.4 is 0 Å². The van der Waals surface area contributed by atoms with E-state index in [1.54, 1.807) is 22.7 Å². The highest BCUT2D eigenvalue weighted by Crippen LogP contribution is 2.55. The minimum absolute atomic E-state index is 0.387. The summed E-state index contributed by atoms with van der Waals surface area (Å²) in [4.78, 5) is 4.63. The topological polar surface area (TPSA) is 51.1 Å². The van der Waals surface area contributed by atoms with Crippen LogP contribution >= 0.6 is 22.7 Å². The van der Waals surface area contributed by atoms with Crippen molar-refractivity contribution in [3.63, 3.8) is 0 Å². The molecule has 0 N–H and O–H groups in total. The normalized spacial score (nSPS) is 12.0. The molecule has 318 valence electrons. The zero-order valence-electron chi connectivity index (χ0n) is 36.5. The number of thiophene rings is 2. The molecule has 0 fully saturated rings. The molecular weight excluding hydrogens is 881 g/mol. The first kappa shape index (κ1) is 38.2. The summed E-state index contributed by atoms with van der Waals surface area (Å²) in [6.07, 6.45) is 0. The third-order valence-electron chi connectivity index (χ3n) is 14.2. The maximum Gasteiger partial charge on any atom is 0.220 e. The van der Waals surface area contributed by atoms with Gasteiger partial charge in [0.2, 0.25) is 5.69 Å². The van der Waals surface area contributed by atoms with Crippen molar-refractivity contribution >= 4 is 134 Å². The fourth-order valence-corrected chi connectivity index (χ4v) is 13.8. The van der Waals surface area contributed by atoms with Crippen LogP contribution in [0.2, 0.25) is 0 Å². The van der Waals surface area contributed by atoms with Crippen molar-refractivity contribution in [2.24, 2.45) is 0 Å². The number of benzene rings is 10. The van der Waals surface area contributed by atoms with E-state index in [1.807, 2.05) is 48.5 Å².